The molecule has 0 aliphatic carbocycles. The molecule has 0 radical (unpaired) electrons. The van der Waals surface area contributed by atoms with Crippen molar-refractivity contribution in [1.29, 1.82) is 0 Å². The van der Waals surface area contributed by atoms with Crippen LogP contribution in [0.5, 0.6) is 5.75 Å². The summed E-state index contributed by atoms with van der Waals surface area (Å²) >= 11 is 0. The van der Waals surface area contributed by atoms with E-state index in [1.54, 1.807) is 0 Å². The number of pyridine rings is 1. The van der Waals surface area contributed by atoms with Gasteiger partial charge in [-0.1, -0.05) is 38.1 Å². The minimum atomic E-state index is 0. The van der Waals surface area contributed by atoms with E-state index >= 15 is 0 Å². The van der Waals surface area contributed by atoms with Crippen LogP contribution < -0.4 is 15.4 Å². The molecule has 6 heteroatoms. The molecule has 1 heterocycles. The van der Waals surface area contributed by atoms with E-state index in [0.717, 1.165) is 30.4 Å². The Morgan fingerprint density at radius 3 is 2.59 bits per heavy atom. The van der Waals surface area contributed by atoms with Gasteiger partial charge in [0, 0.05) is 31.4 Å². The molecule has 0 atom stereocenters. The van der Waals surface area contributed by atoms with Crippen LogP contribution in [0.2, 0.25) is 0 Å². The van der Waals surface area contributed by atoms with Crippen LogP contribution in [0.1, 0.15) is 37.9 Å². The van der Waals surface area contributed by atoms with Gasteiger partial charge in [-0.3, -0.25) is 9.98 Å². The van der Waals surface area contributed by atoms with Gasteiger partial charge >= 0.3 is 0 Å². The highest BCUT2D eigenvalue weighted by molar-refractivity contribution is 14.0. The Bertz CT molecular complexity index is 677. The van der Waals surface area contributed by atoms with Crippen molar-refractivity contribution >= 4 is 29.9 Å². The van der Waals surface area contributed by atoms with E-state index < -0.39 is 0 Å². The Labute approximate surface area is 180 Å². The van der Waals surface area contributed by atoms with Crippen LogP contribution in [-0.2, 0) is 6.42 Å². The third-order valence-electron chi connectivity index (χ3n) is 3.90. The second-order valence-corrected chi connectivity index (χ2v) is 6.30. The monoisotopic (exact) mass is 482 g/mol. The number of benzene rings is 1. The molecule has 1 aromatic heterocycles. The molecule has 0 fully saturated rings. The lowest BCUT2D eigenvalue weighted by atomic mass is 10.0. The Balaban J connectivity index is 0.00000364. The zero-order chi connectivity index (χ0) is 18.6. The summed E-state index contributed by atoms with van der Waals surface area (Å²) in [5.74, 6) is 2.22. The number of rotatable bonds is 9. The van der Waals surface area contributed by atoms with Crippen LogP contribution in [0.3, 0.4) is 0 Å². The number of halogens is 1. The highest BCUT2D eigenvalue weighted by atomic mass is 127. The molecule has 0 aliphatic rings. The standard InChI is InChI=1S/C21H30N4O.HI/c1-4-22-21(24-14-12-18-9-7-8-13-23-18)25-15-16-26-20-11-6-5-10-19(20)17(2)3;/h5-11,13,17H,4,12,14-16H2,1-3H3,(H2,22,24,25);1H. The van der Waals surface area contributed by atoms with Crippen molar-refractivity contribution in [1.82, 2.24) is 15.6 Å². The highest BCUT2D eigenvalue weighted by Gasteiger charge is 2.06. The van der Waals surface area contributed by atoms with Crippen molar-refractivity contribution in [2.75, 3.05) is 26.2 Å². The number of para-hydroxylation sites is 1. The van der Waals surface area contributed by atoms with E-state index in [2.05, 4.69) is 53.5 Å². The summed E-state index contributed by atoms with van der Waals surface area (Å²) in [5.41, 5.74) is 2.30. The Hall–Kier alpha value is -1.83. The molecule has 0 amide bonds. The quantitative estimate of drug-likeness (QED) is 0.246. The van der Waals surface area contributed by atoms with Crippen LogP contribution in [0.4, 0.5) is 0 Å². The summed E-state index contributed by atoms with van der Waals surface area (Å²) in [7, 11) is 0. The predicted octanol–water partition coefficient (Wildman–Crippen LogP) is 4.00. The first-order chi connectivity index (χ1) is 12.7. The van der Waals surface area contributed by atoms with Crippen LogP contribution >= 0.6 is 24.0 Å². The third-order valence-corrected chi connectivity index (χ3v) is 3.90. The molecule has 0 spiro atoms. The summed E-state index contributed by atoms with van der Waals surface area (Å²) < 4.78 is 5.95. The molecule has 2 N–H and O–H groups in total. The predicted molar refractivity (Wildman–Crippen MR) is 123 cm³/mol. The van der Waals surface area contributed by atoms with E-state index in [9.17, 15) is 0 Å². The molecule has 0 saturated carbocycles. The average Bonchev–Trinajstić information content (AvgIpc) is 2.66. The Kier molecular flexibility index (Phi) is 11.5. The number of hydrogen-bond acceptors (Lipinski definition) is 3. The maximum absolute atomic E-state index is 5.95. The van der Waals surface area contributed by atoms with Gasteiger partial charge in [0.2, 0.25) is 0 Å². The van der Waals surface area contributed by atoms with Gasteiger partial charge in [-0.05, 0) is 36.6 Å². The molecule has 1 aromatic carbocycles. The zero-order valence-corrected chi connectivity index (χ0v) is 18.8. The average molecular weight is 482 g/mol. The minimum absolute atomic E-state index is 0. The van der Waals surface area contributed by atoms with Crippen LogP contribution in [0, 0.1) is 0 Å². The first kappa shape index (κ1) is 23.2. The fraction of sp³-hybridized carbons (Fsp3) is 0.429. The van der Waals surface area contributed by atoms with E-state index in [1.807, 2.05) is 36.5 Å². The molecule has 2 aromatic rings. The van der Waals surface area contributed by atoms with Gasteiger partial charge in [0.15, 0.2) is 5.96 Å². The highest BCUT2D eigenvalue weighted by Crippen LogP contribution is 2.25. The second kappa shape index (κ2) is 13.4. The Morgan fingerprint density at radius 2 is 1.89 bits per heavy atom. The summed E-state index contributed by atoms with van der Waals surface area (Å²) in [5, 5.41) is 6.58. The van der Waals surface area contributed by atoms with Gasteiger partial charge in [0.25, 0.3) is 0 Å². The number of aliphatic imine (C=N–C) groups is 1. The zero-order valence-electron chi connectivity index (χ0n) is 16.4. The van der Waals surface area contributed by atoms with Gasteiger partial charge < -0.3 is 15.4 Å². The van der Waals surface area contributed by atoms with Crippen LogP contribution in [0.15, 0.2) is 53.7 Å². The molecular formula is C21H31IN4O. The fourth-order valence-corrected chi connectivity index (χ4v) is 2.59. The lowest BCUT2D eigenvalue weighted by molar-refractivity contribution is 0.317. The van der Waals surface area contributed by atoms with Crippen molar-refractivity contribution in [2.45, 2.75) is 33.1 Å². The van der Waals surface area contributed by atoms with Gasteiger partial charge in [-0.25, -0.2) is 0 Å². The summed E-state index contributed by atoms with van der Waals surface area (Å²) in [6.07, 6.45) is 2.64. The molecular weight excluding hydrogens is 451 g/mol. The summed E-state index contributed by atoms with van der Waals surface area (Å²) in [6, 6.07) is 14.2. The van der Waals surface area contributed by atoms with Crippen molar-refractivity contribution in [3.05, 3.63) is 59.9 Å². The van der Waals surface area contributed by atoms with Gasteiger partial charge in [0.1, 0.15) is 12.4 Å². The maximum atomic E-state index is 5.95. The Morgan fingerprint density at radius 1 is 1.11 bits per heavy atom. The molecule has 0 bridgehead atoms. The van der Waals surface area contributed by atoms with E-state index in [1.165, 1.54) is 5.56 Å². The topological polar surface area (TPSA) is 58.5 Å². The smallest absolute Gasteiger partial charge is 0.191 e. The lowest BCUT2D eigenvalue weighted by Gasteiger charge is -2.15. The van der Waals surface area contributed by atoms with Crippen molar-refractivity contribution in [3.8, 4) is 5.75 Å². The molecule has 0 saturated heterocycles. The van der Waals surface area contributed by atoms with Crippen LogP contribution in [0.25, 0.3) is 0 Å². The number of nitrogens with zero attached hydrogens (tertiary/aromatic N) is 2. The lowest BCUT2D eigenvalue weighted by Crippen LogP contribution is -2.39. The minimum Gasteiger partial charge on any atom is -0.491 e. The molecule has 0 aliphatic heterocycles. The SMILES string of the molecule is CCNC(=NCCc1ccccn1)NCCOc1ccccc1C(C)C.I. The number of aromatic nitrogens is 1. The van der Waals surface area contributed by atoms with E-state index in [4.69, 9.17) is 4.74 Å². The molecule has 0 unspecified atom stereocenters. The van der Waals surface area contributed by atoms with Crippen molar-refractivity contribution in [3.63, 3.8) is 0 Å². The van der Waals surface area contributed by atoms with E-state index in [-0.39, 0.29) is 24.0 Å². The summed E-state index contributed by atoms with van der Waals surface area (Å²) in [4.78, 5) is 8.92. The number of guanidine groups is 1. The number of ether oxygens (including phenoxy) is 1. The molecule has 5 nitrogen and oxygen atoms in total. The van der Waals surface area contributed by atoms with Gasteiger partial charge in [0.05, 0.1) is 6.54 Å². The van der Waals surface area contributed by atoms with Gasteiger partial charge in [-0.15, -0.1) is 24.0 Å². The normalized spacial score (nSPS) is 11.0. The molecule has 148 valence electrons. The molecule has 2 rings (SSSR count). The van der Waals surface area contributed by atoms with Crippen molar-refractivity contribution in [2.24, 2.45) is 4.99 Å². The number of nitrogens with one attached hydrogen (secondary N) is 2. The van der Waals surface area contributed by atoms with E-state index in [0.29, 0.717) is 25.6 Å². The first-order valence-corrected chi connectivity index (χ1v) is 9.34. The first-order valence-electron chi connectivity index (χ1n) is 9.34. The fourth-order valence-electron chi connectivity index (χ4n) is 2.59. The molecule has 27 heavy (non-hydrogen) atoms. The van der Waals surface area contributed by atoms with Gasteiger partial charge in [-0.2, -0.15) is 0 Å². The van der Waals surface area contributed by atoms with Crippen molar-refractivity contribution < 1.29 is 4.74 Å². The van der Waals surface area contributed by atoms with Crippen LogP contribution in [-0.4, -0.2) is 37.2 Å². The summed E-state index contributed by atoms with van der Waals surface area (Å²) in [6.45, 7) is 9.23. The largest absolute Gasteiger partial charge is 0.491 e. The number of hydrogen-bond donors (Lipinski definition) is 2. The third kappa shape index (κ3) is 8.60. The maximum Gasteiger partial charge on any atom is 0.191 e. The second-order valence-electron chi connectivity index (χ2n) is 6.30.